The monoisotopic (exact) mass is 309 g/mol. The molecule has 4 heteroatoms. The van der Waals surface area contributed by atoms with Crippen molar-refractivity contribution in [3.8, 4) is 0 Å². The van der Waals surface area contributed by atoms with Gasteiger partial charge in [-0.25, -0.2) is 0 Å². The second kappa shape index (κ2) is 5.09. The average molecular weight is 309 g/mol. The Morgan fingerprint density at radius 1 is 1.64 bits per heavy atom. The van der Waals surface area contributed by atoms with Crippen LogP contribution in [0.3, 0.4) is 0 Å². The molecule has 3 nitrogen and oxygen atoms in total. The van der Waals surface area contributed by atoms with Crippen LogP contribution in [-0.4, -0.2) is 8.47 Å². The largest absolute Gasteiger partial charge is 0.272 e. The topological polar surface area (TPSA) is 43.1 Å². The number of hydrogen-bond acceptors (Lipinski definition) is 2. The molecule has 0 spiro atoms. The third kappa shape index (κ3) is 2.46. The average Bonchev–Trinajstić information content (AvgIpc) is 2.16. The van der Waals surface area contributed by atoms with Crippen molar-refractivity contribution in [3.05, 3.63) is 22.8 Å². The summed E-state index contributed by atoms with van der Waals surface area (Å²) in [6, 6.07) is 0. The van der Waals surface area contributed by atoms with Crippen molar-refractivity contribution in [1.29, 1.82) is 0 Å². The Balaban J connectivity index is 2.67. The summed E-state index contributed by atoms with van der Waals surface area (Å²) in [5, 5.41) is 11.0. The summed E-state index contributed by atoms with van der Waals surface area (Å²) < 4.78 is -0.709. The molecule has 0 amide bonds. The number of rotatable bonds is 4. The maximum Gasteiger partial charge on any atom is 0.272 e. The van der Waals surface area contributed by atoms with Crippen molar-refractivity contribution < 1.29 is 4.92 Å². The molecule has 1 aliphatic rings. The maximum atomic E-state index is 11.0. The van der Waals surface area contributed by atoms with Crippen molar-refractivity contribution in [3.63, 3.8) is 0 Å². The van der Waals surface area contributed by atoms with Crippen LogP contribution in [0.2, 0.25) is 0 Å². The van der Waals surface area contributed by atoms with Gasteiger partial charge in [-0.3, -0.25) is 10.1 Å². The molecule has 0 bridgehead atoms. The van der Waals surface area contributed by atoms with E-state index in [2.05, 4.69) is 6.58 Å². The lowest BCUT2D eigenvalue weighted by Crippen LogP contribution is -2.41. The predicted octanol–water partition coefficient (Wildman–Crippen LogP) is 3.55. The van der Waals surface area contributed by atoms with Crippen LogP contribution in [0.25, 0.3) is 0 Å². The molecule has 0 aromatic carbocycles. The fraction of sp³-hybridized carbons (Fsp3) is 0.800. The predicted molar refractivity (Wildman–Crippen MR) is 65.1 cm³/mol. The highest BCUT2D eigenvalue weighted by Gasteiger charge is 2.48. The van der Waals surface area contributed by atoms with Crippen LogP contribution in [-0.2, 0) is 0 Å². The third-order valence-corrected chi connectivity index (χ3v) is 4.79. The van der Waals surface area contributed by atoms with Crippen molar-refractivity contribution in [2.75, 3.05) is 0 Å². The second-order valence-electron chi connectivity index (χ2n) is 3.88. The van der Waals surface area contributed by atoms with Crippen molar-refractivity contribution >= 4 is 22.6 Å². The zero-order valence-electron chi connectivity index (χ0n) is 8.25. The molecule has 1 aliphatic carbocycles. The highest BCUT2D eigenvalue weighted by Crippen LogP contribution is 2.43. The molecule has 0 heterocycles. The van der Waals surface area contributed by atoms with Gasteiger partial charge < -0.3 is 0 Å². The number of nitrogens with zero attached hydrogens (tertiary/aromatic N) is 1. The van der Waals surface area contributed by atoms with Gasteiger partial charge in [0.25, 0.3) is 3.55 Å². The Kier molecular flexibility index (Phi) is 4.34. The fourth-order valence-electron chi connectivity index (χ4n) is 2.11. The first kappa shape index (κ1) is 11.9. The lowest BCUT2D eigenvalue weighted by Gasteiger charge is -2.32. The highest BCUT2D eigenvalue weighted by atomic mass is 127. The van der Waals surface area contributed by atoms with E-state index in [4.69, 9.17) is 0 Å². The van der Waals surface area contributed by atoms with Crippen LogP contribution in [0.4, 0.5) is 0 Å². The van der Waals surface area contributed by atoms with E-state index in [1.54, 1.807) is 0 Å². The van der Waals surface area contributed by atoms with Gasteiger partial charge in [-0.1, -0.05) is 12.5 Å². The minimum absolute atomic E-state index is 0.0829. The van der Waals surface area contributed by atoms with Gasteiger partial charge in [-0.2, -0.15) is 0 Å². The van der Waals surface area contributed by atoms with Crippen LogP contribution < -0.4 is 0 Å². The lowest BCUT2D eigenvalue weighted by molar-refractivity contribution is -0.544. The van der Waals surface area contributed by atoms with E-state index in [1.165, 1.54) is 0 Å². The Hall–Kier alpha value is -0.130. The Bertz CT molecular complexity index is 232. The van der Waals surface area contributed by atoms with Crippen molar-refractivity contribution in [1.82, 2.24) is 0 Å². The number of alkyl halides is 1. The zero-order valence-corrected chi connectivity index (χ0v) is 10.4. The van der Waals surface area contributed by atoms with E-state index in [-0.39, 0.29) is 10.8 Å². The summed E-state index contributed by atoms with van der Waals surface area (Å²) in [5.41, 5.74) is 0. The molecule has 2 unspecified atom stereocenters. The molecule has 0 aromatic rings. The molecule has 2 atom stereocenters. The standard InChI is InChI=1S/C10H16INO2/c1-2-3-6-9-7-4-5-8-10(9,11)12(13)14/h2,9H,1,3-8H2. The molecule has 0 N–H and O–H groups in total. The summed E-state index contributed by atoms with van der Waals surface area (Å²) in [5.74, 6) is 0.227. The van der Waals surface area contributed by atoms with E-state index in [0.29, 0.717) is 0 Å². The molecule has 0 saturated heterocycles. The number of nitro groups is 1. The van der Waals surface area contributed by atoms with Crippen molar-refractivity contribution in [2.45, 2.75) is 42.1 Å². The molecule has 0 aliphatic heterocycles. The van der Waals surface area contributed by atoms with Crippen LogP contribution in [0.5, 0.6) is 0 Å². The smallest absolute Gasteiger partial charge is 0.263 e. The third-order valence-electron chi connectivity index (χ3n) is 2.98. The highest BCUT2D eigenvalue weighted by molar-refractivity contribution is 14.1. The quantitative estimate of drug-likeness (QED) is 0.199. The summed E-state index contributed by atoms with van der Waals surface area (Å²) in [6.45, 7) is 3.67. The van der Waals surface area contributed by atoms with Gasteiger partial charge in [0.1, 0.15) is 0 Å². The first-order chi connectivity index (χ1) is 6.61. The summed E-state index contributed by atoms with van der Waals surface area (Å²) in [6.07, 6.45) is 7.51. The Labute approximate surface area is 98.2 Å². The maximum absolute atomic E-state index is 11.0. The van der Waals surface area contributed by atoms with Gasteiger partial charge >= 0.3 is 0 Å². The van der Waals surface area contributed by atoms with Gasteiger partial charge in [-0.05, 0) is 25.7 Å². The molecule has 0 aromatic heterocycles. The summed E-state index contributed by atoms with van der Waals surface area (Å²) in [7, 11) is 0. The van der Waals surface area contributed by atoms with Crippen LogP contribution in [0.15, 0.2) is 12.7 Å². The Morgan fingerprint density at radius 3 is 2.93 bits per heavy atom. The van der Waals surface area contributed by atoms with E-state index in [1.807, 2.05) is 28.7 Å². The molecular formula is C10H16INO2. The summed E-state index contributed by atoms with van der Waals surface area (Å²) in [4.78, 5) is 10.9. The number of halogens is 1. The van der Waals surface area contributed by atoms with E-state index in [9.17, 15) is 10.1 Å². The molecular weight excluding hydrogens is 293 g/mol. The van der Waals surface area contributed by atoms with Crippen LogP contribution in [0, 0.1) is 16.0 Å². The van der Waals surface area contributed by atoms with E-state index in [0.717, 1.165) is 38.5 Å². The minimum Gasteiger partial charge on any atom is -0.263 e. The van der Waals surface area contributed by atoms with Gasteiger partial charge in [0, 0.05) is 39.9 Å². The SMILES string of the molecule is C=CCCC1CCCCC1(I)[N+](=O)[O-]. The molecule has 1 rings (SSSR count). The van der Waals surface area contributed by atoms with Gasteiger partial charge in [0.2, 0.25) is 0 Å². The van der Waals surface area contributed by atoms with E-state index < -0.39 is 3.55 Å². The minimum atomic E-state index is -0.709. The molecule has 80 valence electrons. The van der Waals surface area contributed by atoms with Gasteiger partial charge in [0.15, 0.2) is 0 Å². The second-order valence-corrected chi connectivity index (χ2v) is 5.75. The molecule has 1 fully saturated rings. The number of hydrogen-bond donors (Lipinski definition) is 0. The van der Waals surface area contributed by atoms with Crippen LogP contribution >= 0.6 is 22.6 Å². The van der Waals surface area contributed by atoms with Gasteiger partial charge in [-0.15, -0.1) is 6.58 Å². The Morgan fingerprint density at radius 2 is 2.36 bits per heavy atom. The fourth-order valence-corrected chi connectivity index (χ4v) is 3.12. The van der Waals surface area contributed by atoms with Gasteiger partial charge in [0.05, 0.1) is 0 Å². The molecule has 0 radical (unpaired) electrons. The van der Waals surface area contributed by atoms with E-state index >= 15 is 0 Å². The first-order valence-electron chi connectivity index (χ1n) is 5.05. The first-order valence-corrected chi connectivity index (χ1v) is 6.13. The lowest BCUT2D eigenvalue weighted by atomic mass is 9.82. The number of allylic oxidation sites excluding steroid dienone is 1. The normalized spacial score (nSPS) is 32.5. The zero-order chi connectivity index (χ0) is 10.6. The summed E-state index contributed by atoms with van der Waals surface area (Å²) >= 11 is 2.05. The molecule has 1 saturated carbocycles. The molecule has 14 heavy (non-hydrogen) atoms. The van der Waals surface area contributed by atoms with Crippen molar-refractivity contribution in [2.24, 2.45) is 5.92 Å². The van der Waals surface area contributed by atoms with Crippen LogP contribution in [0.1, 0.15) is 38.5 Å².